The predicted octanol–water partition coefficient (Wildman–Crippen LogP) is 6.77. The molecule has 2 heterocycles. The van der Waals surface area contributed by atoms with Crippen LogP contribution in [0.2, 0.25) is 0 Å². The third-order valence-electron chi connectivity index (χ3n) is 7.66. The average Bonchev–Trinajstić information content (AvgIpc) is 3.39. The van der Waals surface area contributed by atoms with Gasteiger partial charge < -0.3 is 5.32 Å². The molecular weight excluding hydrogens is 546 g/mol. The normalized spacial score (nSPS) is 15.0. The third kappa shape index (κ3) is 6.91. The number of carbonyl (C=O) groups excluding carboxylic acids is 1. The second kappa shape index (κ2) is 12.1. The minimum Gasteiger partial charge on any atom is -0.308 e. The molecule has 1 aliphatic rings. The number of piperidine rings is 1. The number of benzene rings is 3. The average molecular weight is 586 g/mol. The Hall–Kier alpha value is -3.95. The van der Waals surface area contributed by atoms with Crippen molar-refractivity contribution in [2.45, 2.75) is 57.3 Å². The molecule has 2 amide bonds. The number of rotatable bonds is 7. The van der Waals surface area contributed by atoms with Gasteiger partial charge in [0.25, 0.3) is 0 Å². The number of nitrogens with zero attached hydrogens (tertiary/aromatic N) is 3. The first kappa shape index (κ1) is 29.5. The SMILES string of the molecule is Cc1ccc(-n2nc(C(C)(C)C)cc2NC(=O)Nc2cccc(CC3CCN(S(=O)(=O)c4ccccc4)CC3)c2)cc1. The van der Waals surface area contributed by atoms with Crippen LogP contribution in [0.3, 0.4) is 0 Å². The molecule has 0 saturated carbocycles. The van der Waals surface area contributed by atoms with Crippen LogP contribution in [-0.4, -0.2) is 41.6 Å². The first-order valence-electron chi connectivity index (χ1n) is 14.4. The van der Waals surface area contributed by atoms with Crippen molar-refractivity contribution in [2.75, 3.05) is 23.7 Å². The highest BCUT2D eigenvalue weighted by molar-refractivity contribution is 7.89. The second-order valence-electron chi connectivity index (χ2n) is 12.1. The molecule has 0 unspecified atom stereocenters. The van der Waals surface area contributed by atoms with E-state index >= 15 is 0 Å². The molecule has 42 heavy (non-hydrogen) atoms. The van der Waals surface area contributed by atoms with Crippen molar-refractivity contribution in [3.05, 3.63) is 102 Å². The van der Waals surface area contributed by atoms with Gasteiger partial charge in [-0.05, 0) is 74.1 Å². The van der Waals surface area contributed by atoms with Gasteiger partial charge in [0.05, 0.1) is 16.3 Å². The molecule has 0 radical (unpaired) electrons. The zero-order valence-corrected chi connectivity index (χ0v) is 25.5. The van der Waals surface area contributed by atoms with Crippen molar-refractivity contribution in [3.8, 4) is 5.69 Å². The zero-order valence-electron chi connectivity index (χ0n) is 24.7. The summed E-state index contributed by atoms with van der Waals surface area (Å²) in [5.41, 5.74) is 4.53. The van der Waals surface area contributed by atoms with E-state index in [1.165, 1.54) is 0 Å². The van der Waals surface area contributed by atoms with Gasteiger partial charge >= 0.3 is 6.03 Å². The van der Waals surface area contributed by atoms with Crippen LogP contribution < -0.4 is 10.6 Å². The standard InChI is InChI=1S/C33H39N5O3S/c1-24-13-15-28(16-14-24)38-31(23-30(36-38)33(2,3)4)35-32(39)34-27-10-8-9-26(22-27)21-25-17-19-37(20-18-25)42(40,41)29-11-6-5-7-12-29/h5-16,22-23,25H,17-21H2,1-4H3,(H2,34,35,39). The molecule has 1 saturated heterocycles. The van der Waals surface area contributed by atoms with E-state index in [-0.39, 0.29) is 11.4 Å². The molecule has 2 N–H and O–H groups in total. The predicted molar refractivity (Wildman–Crippen MR) is 168 cm³/mol. The molecule has 0 aliphatic carbocycles. The Bertz CT molecular complexity index is 1630. The number of aryl methyl sites for hydroxylation is 1. The number of anilines is 2. The number of hydrogen-bond acceptors (Lipinski definition) is 4. The number of aromatic nitrogens is 2. The van der Waals surface area contributed by atoms with E-state index in [9.17, 15) is 13.2 Å². The van der Waals surface area contributed by atoms with E-state index in [0.29, 0.717) is 35.4 Å². The fraction of sp³-hybridized carbons (Fsp3) is 0.333. The molecule has 4 aromatic rings. The fourth-order valence-corrected chi connectivity index (χ4v) is 6.69. The quantitative estimate of drug-likeness (QED) is 0.250. The summed E-state index contributed by atoms with van der Waals surface area (Å²) in [6.45, 7) is 9.33. The highest BCUT2D eigenvalue weighted by Crippen LogP contribution is 2.28. The maximum Gasteiger partial charge on any atom is 0.324 e. The number of sulfonamides is 1. The summed E-state index contributed by atoms with van der Waals surface area (Å²) in [7, 11) is -3.46. The lowest BCUT2D eigenvalue weighted by Gasteiger charge is -2.31. The maximum atomic E-state index is 13.1. The number of urea groups is 1. The van der Waals surface area contributed by atoms with Crippen LogP contribution in [0, 0.1) is 12.8 Å². The molecule has 0 spiro atoms. The minimum atomic E-state index is -3.46. The van der Waals surface area contributed by atoms with Gasteiger partial charge in [0.2, 0.25) is 10.0 Å². The third-order valence-corrected chi connectivity index (χ3v) is 9.57. The van der Waals surface area contributed by atoms with Gasteiger partial charge in [0.1, 0.15) is 5.82 Å². The molecule has 0 atom stereocenters. The van der Waals surface area contributed by atoms with Crippen molar-refractivity contribution >= 4 is 27.6 Å². The van der Waals surface area contributed by atoms with Gasteiger partial charge in [0, 0.05) is 30.3 Å². The van der Waals surface area contributed by atoms with Crippen LogP contribution in [0.5, 0.6) is 0 Å². The minimum absolute atomic E-state index is 0.181. The van der Waals surface area contributed by atoms with Crippen LogP contribution in [0.25, 0.3) is 5.69 Å². The molecule has 0 bridgehead atoms. The van der Waals surface area contributed by atoms with Gasteiger partial charge in [-0.3, -0.25) is 5.32 Å². The molecular formula is C33H39N5O3S. The number of carbonyl (C=O) groups is 1. The summed E-state index contributed by atoms with van der Waals surface area (Å²) in [6.07, 6.45) is 2.41. The van der Waals surface area contributed by atoms with Crippen LogP contribution in [0.4, 0.5) is 16.3 Å². The van der Waals surface area contributed by atoms with Crippen LogP contribution in [0.15, 0.2) is 89.8 Å². The van der Waals surface area contributed by atoms with Crippen molar-refractivity contribution < 1.29 is 13.2 Å². The Morgan fingerprint density at radius 2 is 1.60 bits per heavy atom. The maximum absolute atomic E-state index is 13.1. The van der Waals surface area contributed by atoms with Crippen molar-refractivity contribution in [1.82, 2.24) is 14.1 Å². The lowest BCUT2D eigenvalue weighted by molar-refractivity contribution is 0.262. The summed E-state index contributed by atoms with van der Waals surface area (Å²) < 4.78 is 29.3. The molecule has 1 aromatic heterocycles. The highest BCUT2D eigenvalue weighted by atomic mass is 32.2. The molecule has 3 aromatic carbocycles. The van der Waals surface area contributed by atoms with Crippen molar-refractivity contribution in [3.63, 3.8) is 0 Å². The fourth-order valence-electron chi connectivity index (χ4n) is 5.20. The Morgan fingerprint density at radius 3 is 2.26 bits per heavy atom. The Balaban J connectivity index is 1.22. The second-order valence-corrected chi connectivity index (χ2v) is 14.0. The summed E-state index contributed by atoms with van der Waals surface area (Å²) in [6, 6.07) is 26.1. The largest absolute Gasteiger partial charge is 0.324 e. The van der Waals surface area contributed by atoms with Crippen molar-refractivity contribution in [1.29, 1.82) is 0 Å². The zero-order chi connectivity index (χ0) is 29.9. The lowest BCUT2D eigenvalue weighted by atomic mass is 9.91. The summed E-state index contributed by atoms with van der Waals surface area (Å²) in [5, 5.41) is 10.7. The molecule has 220 valence electrons. The number of hydrogen-bond donors (Lipinski definition) is 2. The van der Waals surface area contributed by atoms with Crippen molar-refractivity contribution in [2.24, 2.45) is 5.92 Å². The van der Waals surface area contributed by atoms with E-state index in [1.54, 1.807) is 33.3 Å². The van der Waals surface area contributed by atoms with Crippen LogP contribution >= 0.6 is 0 Å². The van der Waals surface area contributed by atoms with Gasteiger partial charge in [-0.15, -0.1) is 0 Å². The van der Waals surface area contributed by atoms with E-state index in [2.05, 4.69) is 37.5 Å². The number of nitrogens with one attached hydrogen (secondary N) is 2. The van der Waals surface area contributed by atoms with Gasteiger partial charge in [-0.1, -0.05) is 68.8 Å². The van der Waals surface area contributed by atoms with E-state index in [4.69, 9.17) is 5.10 Å². The highest BCUT2D eigenvalue weighted by Gasteiger charge is 2.29. The Morgan fingerprint density at radius 1 is 0.905 bits per heavy atom. The molecule has 8 nitrogen and oxygen atoms in total. The Labute approximate surface area is 248 Å². The van der Waals surface area contributed by atoms with Crippen LogP contribution in [-0.2, 0) is 21.9 Å². The monoisotopic (exact) mass is 585 g/mol. The van der Waals surface area contributed by atoms with Gasteiger partial charge in [-0.25, -0.2) is 17.9 Å². The summed E-state index contributed by atoms with van der Waals surface area (Å²) >= 11 is 0. The number of amides is 2. The summed E-state index contributed by atoms with van der Waals surface area (Å²) in [4.78, 5) is 13.4. The lowest BCUT2D eigenvalue weighted by Crippen LogP contribution is -2.38. The van der Waals surface area contributed by atoms with Crippen LogP contribution in [0.1, 0.15) is 50.4 Å². The topological polar surface area (TPSA) is 96.3 Å². The molecule has 5 rings (SSSR count). The first-order chi connectivity index (χ1) is 20.0. The Kier molecular flexibility index (Phi) is 8.52. The van der Waals surface area contributed by atoms with E-state index < -0.39 is 10.0 Å². The van der Waals surface area contributed by atoms with E-state index in [0.717, 1.165) is 41.8 Å². The molecule has 9 heteroatoms. The first-order valence-corrected chi connectivity index (χ1v) is 15.8. The molecule has 1 aliphatic heterocycles. The van der Waals surface area contributed by atoms with E-state index in [1.807, 2.05) is 61.5 Å². The van der Waals surface area contributed by atoms with Gasteiger partial charge in [-0.2, -0.15) is 9.40 Å². The van der Waals surface area contributed by atoms with Gasteiger partial charge in [0.15, 0.2) is 0 Å². The smallest absolute Gasteiger partial charge is 0.308 e. The summed E-state index contributed by atoms with van der Waals surface area (Å²) in [5.74, 6) is 0.964. The molecule has 1 fully saturated rings.